The number of hydrogen-bond acceptors (Lipinski definition) is 3. The summed E-state index contributed by atoms with van der Waals surface area (Å²) in [5.41, 5.74) is 0. The van der Waals surface area contributed by atoms with Crippen molar-refractivity contribution in [3.05, 3.63) is 34.8 Å². The SMILES string of the molecule is Brc1ccccc1.COC(=O)C(C)O. The Balaban J connectivity index is 0.000000241. The molecule has 0 saturated carbocycles. The molecule has 4 heteroatoms. The highest BCUT2D eigenvalue weighted by Gasteiger charge is 2.05. The van der Waals surface area contributed by atoms with Gasteiger partial charge in [-0.25, -0.2) is 4.79 Å². The van der Waals surface area contributed by atoms with Crippen molar-refractivity contribution >= 4 is 21.9 Å². The van der Waals surface area contributed by atoms with Crippen LogP contribution in [-0.2, 0) is 9.53 Å². The van der Waals surface area contributed by atoms with Crippen molar-refractivity contribution in [1.82, 2.24) is 0 Å². The highest BCUT2D eigenvalue weighted by molar-refractivity contribution is 9.10. The van der Waals surface area contributed by atoms with E-state index in [1.165, 1.54) is 14.0 Å². The average molecular weight is 261 g/mol. The molecule has 0 radical (unpaired) electrons. The third kappa shape index (κ3) is 6.62. The minimum atomic E-state index is -0.995. The normalized spacial score (nSPS) is 10.9. The number of esters is 1. The Labute approximate surface area is 91.8 Å². The maximum atomic E-state index is 10.0. The van der Waals surface area contributed by atoms with Gasteiger partial charge in [0.1, 0.15) is 6.10 Å². The van der Waals surface area contributed by atoms with Gasteiger partial charge in [0.2, 0.25) is 0 Å². The molecule has 0 bridgehead atoms. The molecular formula is C10H13BrO3. The monoisotopic (exact) mass is 260 g/mol. The van der Waals surface area contributed by atoms with Gasteiger partial charge in [-0.2, -0.15) is 0 Å². The lowest BCUT2D eigenvalue weighted by molar-refractivity contribution is -0.149. The number of rotatable bonds is 1. The highest BCUT2D eigenvalue weighted by Crippen LogP contribution is 2.05. The first-order valence-electron chi connectivity index (χ1n) is 4.04. The van der Waals surface area contributed by atoms with E-state index in [4.69, 9.17) is 5.11 Å². The molecule has 14 heavy (non-hydrogen) atoms. The van der Waals surface area contributed by atoms with Crippen LogP contribution < -0.4 is 0 Å². The van der Waals surface area contributed by atoms with Crippen LogP contribution in [0, 0.1) is 0 Å². The Bertz CT molecular complexity index is 259. The van der Waals surface area contributed by atoms with Crippen molar-refractivity contribution in [2.75, 3.05) is 7.11 Å². The molecule has 0 aliphatic rings. The molecule has 0 aliphatic heterocycles. The van der Waals surface area contributed by atoms with Crippen LogP contribution in [0.25, 0.3) is 0 Å². The first kappa shape index (κ1) is 13.1. The summed E-state index contributed by atoms with van der Waals surface area (Å²) < 4.78 is 5.26. The largest absolute Gasteiger partial charge is 0.467 e. The zero-order valence-corrected chi connectivity index (χ0v) is 9.69. The van der Waals surface area contributed by atoms with E-state index in [1.807, 2.05) is 30.3 Å². The summed E-state index contributed by atoms with van der Waals surface area (Å²) in [6, 6.07) is 9.97. The minimum Gasteiger partial charge on any atom is -0.467 e. The predicted octanol–water partition coefficient (Wildman–Crippen LogP) is 1.99. The fraction of sp³-hybridized carbons (Fsp3) is 0.300. The van der Waals surface area contributed by atoms with Crippen molar-refractivity contribution in [1.29, 1.82) is 0 Å². The fourth-order valence-corrected chi connectivity index (χ4v) is 0.890. The molecule has 0 saturated heterocycles. The lowest BCUT2D eigenvalue weighted by Gasteiger charge is -1.97. The molecule has 1 atom stereocenters. The summed E-state index contributed by atoms with van der Waals surface area (Å²) in [6.45, 7) is 1.35. The molecular weight excluding hydrogens is 248 g/mol. The molecule has 1 aromatic rings. The summed E-state index contributed by atoms with van der Waals surface area (Å²) in [6.07, 6.45) is -0.995. The number of methoxy groups -OCH3 is 1. The molecule has 0 aromatic heterocycles. The van der Waals surface area contributed by atoms with Crippen molar-refractivity contribution < 1.29 is 14.6 Å². The molecule has 0 heterocycles. The van der Waals surface area contributed by atoms with Crippen LogP contribution >= 0.6 is 15.9 Å². The van der Waals surface area contributed by atoms with E-state index >= 15 is 0 Å². The Morgan fingerprint density at radius 2 is 1.93 bits per heavy atom. The topological polar surface area (TPSA) is 46.5 Å². The number of carbonyl (C=O) groups excluding carboxylic acids is 1. The van der Waals surface area contributed by atoms with E-state index in [9.17, 15) is 4.79 Å². The second-order valence-corrected chi connectivity index (χ2v) is 3.41. The highest BCUT2D eigenvalue weighted by atomic mass is 79.9. The zero-order valence-electron chi connectivity index (χ0n) is 8.11. The van der Waals surface area contributed by atoms with E-state index in [2.05, 4.69) is 20.7 Å². The quantitative estimate of drug-likeness (QED) is 0.786. The molecule has 1 N–H and O–H groups in total. The molecule has 3 nitrogen and oxygen atoms in total. The van der Waals surface area contributed by atoms with Gasteiger partial charge in [-0.3, -0.25) is 0 Å². The summed E-state index contributed by atoms with van der Waals surface area (Å²) in [4.78, 5) is 10.0. The van der Waals surface area contributed by atoms with E-state index in [0.717, 1.165) is 4.47 Å². The third-order valence-corrected chi connectivity index (χ3v) is 1.80. The number of aliphatic hydroxyl groups excluding tert-OH is 1. The van der Waals surface area contributed by atoms with E-state index in [1.54, 1.807) is 0 Å². The van der Waals surface area contributed by atoms with Crippen molar-refractivity contribution in [3.63, 3.8) is 0 Å². The van der Waals surface area contributed by atoms with Gasteiger partial charge in [-0.1, -0.05) is 34.1 Å². The second-order valence-electron chi connectivity index (χ2n) is 2.49. The van der Waals surface area contributed by atoms with Crippen LogP contribution in [0.5, 0.6) is 0 Å². The maximum absolute atomic E-state index is 10.0. The first-order valence-corrected chi connectivity index (χ1v) is 4.83. The summed E-state index contributed by atoms with van der Waals surface area (Å²) >= 11 is 3.31. The lowest BCUT2D eigenvalue weighted by atomic mass is 10.4. The van der Waals surface area contributed by atoms with Gasteiger partial charge in [0.05, 0.1) is 7.11 Å². The van der Waals surface area contributed by atoms with Gasteiger partial charge >= 0.3 is 5.97 Å². The smallest absolute Gasteiger partial charge is 0.334 e. The van der Waals surface area contributed by atoms with Crippen LogP contribution in [0.4, 0.5) is 0 Å². The molecule has 1 rings (SSSR count). The van der Waals surface area contributed by atoms with Crippen LogP contribution in [0.2, 0.25) is 0 Å². The molecule has 0 amide bonds. The Morgan fingerprint density at radius 3 is 2.07 bits per heavy atom. The predicted molar refractivity (Wildman–Crippen MR) is 57.8 cm³/mol. The lowest BCUT2D eigenvalue weighted by Crippen LogP contribution is -2.16. The summed E-state index contributed by atoms with van der Waals surface area (Å²) in [5.74, 6) is -0.597. The molecule has 1 aromatic carbocycles. The van der Waals surface area contributed by atoms with Gasteiger partial charge in [0, 0.05) is 4.47 Å². The average Bonchev–Trinajstić information content (AvgIpc) is 2.18. The molecule has 0 aliphatic carbocycles. The molecule has 78 valence electrons. The van der Waals surface area contributed by atoms with Crippen LogP contribution in [0.3, 0.4) is 0 Å². The zero-order chi connectivity index (χ0) is 11.0. The number of benzene rings is 1. The van der Waals surface area contributed by atoms with Gasteiger partial charge < -0.3 is 9.84 Å². The van der Waals surface area contributed by atoms with Gasteiger partial charge in [-0.15, -0.1) is 0 Å². The number of halogens is 1. The number of aliphatic hydroxyl groups is 1. The van der Waals surface area contributed by atoms with Gasteiger partial charge in [0.25, 0.3) is 0 Å². The fourth-order valence-electron chi connectivity index (χ4n) is 0.585. The first-order chi connectivity index (χ1) is 6.57. The van der Waals surface area contributed by atoms with E-state index in [0.29, 0.717) is 0 Å². The molecule has 0 fully saturated rings. The minimum absolute atomic E-state index is 0.597. The molecule has 1 unspecified atom stereocenters. The van der Waals surface area contributed by atoms with Crippen molar-refractivity contribution in [2.45, 2.75) is 13.0 Å². The number of hydrogen-bond donors (Lipinski definition) is 1. The van der Waals surface area contributed by atoms with E-state index < -0.39 is 12.1 Å². The Hall–Kier alpha value is -0.870. The molecule has 0 spiro atoms. The van der Waals surface area contributed by atoms with Crippen LogP contribution in [0.15, 0.2) is 34.8 Å². The van der Waals surface area contributed by atoms with Crippen molar-refractivity contribution in [2.24, 2.45) is 0 Å². The van der Waals surface area contributed by atoms with Crippen LogP contribution in [0.1, 0.15) is 6.92 Å². The summed E-state index contributed by atoms with van der Waals surface area (Å²) in [7, 11) is 1.23. The Morgan fingerprint density at radius 1 is 1.43 bits per heavy atom. The Kier molecular flexibility index (Phi) is 7.06. The van der Waals surface area contributed by atoms with Crippen LogP contribution in [-0.4, -0.2) is 24.3 Å². The second kappa shape index (κ2) is 7.53. The maximum Gasteiger partial charge on any atom is 0.334 e. The third-order valence-electron chi connectivity index (χ3n) is 1.28. The standard InChI is InChI=1S/C6H5Br.C4H8O3/c7-6-4-2-1-3-5-6;1-3(5)4(6)7-2/h1-5H;3,5H,1-2H3. The number of carbonyl (C=O) groups is 1. The number of ether oxygens (including phenoxy) is 1. The van der Waals surface area contributed by atoms with Gasteiger partial charge in [-0.05, 0) is 19.1 Å². The summed E-state index contributed by atoms with van der Waals surface area (Å²) in [5, 5.41) is 8.35. The van der Waals surface area contributed by atoms with Gasteiger partial charge in [0.15, 0.2) is 0 Å². The van der Waals surface area contributed by atoms with E-state index in [-0.39, 0.29) is 0 Å². The van der Waals surface area contributed by atoms with Crippen molar-refractivity contribution in [3.8, 4) is 0 Å².